The van der Waals surface area contributed by atoms with Gasteiger partial charge in [-0.25, -0.2) is 0 Å². The van der Waals surface area contributed by atoms with Crippen LogP contribution in [0.4, 0.5) is 5.69 Å². The molecule has 41 heavy (non-hydrogen) atoms. The summed E-state index contributed by atoms with van der Waals surface area (Å²) in [6, 6.07) is 22.3. The monoisotopic (exact) mass is 562 g/mol. The lowest BCUT2D eigenvalue weighted by atomic mass is 9.63. The fraction of sp³-hybridized carbons (Fsp3) is 0.182. The van der Waals surface area contributed by atoms with Crippen molar-refractivity contribution in [3.63, 3.8) is 0 Å². The first-order valence-electron chi connectivity index (χ1n) is 13.3. The van der Waals surface area contributed by atoms with Gasteiger partial charge in [0.25, 0.3) is 0 Å². The highest BCUT2D eigenvalue weighted by Crippen LogP contribution is 2.62. The summed E-state index contributed by atoms with van der Waals surface area (Å²) in [7, 11) is 3.04. The Morgan fingerprint density at radius 2 is 1.73 bits per heavy atom. The van der Waals surface area contributed by atoms with Crippen LogP contribution in [0.5, 0.6) is 11.5 Å². The van der Waals surface area contributed by atoms with Crippen LogP contribution in [-0.2, 0) is 10.2 Å². The largest absolute Gasteiger partial charge is 0.497 e. The molecule has 1 amide bonds. The van der Waals surface area contributed by atoms with E-state index in [2.05, 4.69) is 5.32 Å². The van der Waals surface area contributed by atoms with Crippen LogP contribution in [0, 0.1) is 5.92 Å². The predicted octanol–water partition coefficient (Wildman–Crippen LogP) is 5.75. The van der Waals surface area contributed by atoms with Crippen LogP contribution < -0.4 is 14.8 Å². The highest BCUT2D eigenvalue weighted by Gasteiger charge is 2.71. The van der Waals surface area contributed by atoms with Gasteiger partial charge in [-0.15, -0.1) is 11.3 Å². The standard InChI is InChI=1S/C33H26N2O5S/c1-39-20-13-14-25(40-2)22(18-20)29(36)28-27(30(37)26-12-7-17-41-26)33(23-10-5-6-11-24(23)34-32(33)38)31-21-9-4-3-8-19(21)15-16-35(28)31/h3-18,27-28,31H,1-2H3,(H,34,38)/t27-,28-,31-,33+/m1/s1. The zero-order valence-corrected chi connectivity index (χ0v) is 23.2. The van der Waals surface area contributed by atoms with E-state index in [-0.39, 0.29) is 23.0 Å². The molecule has 0 unspecified atom stereocenters. The van der Waals surface area contributed by atoms with Gasteiger partial charge in [0, 0.05) is 11.9 Å². The molecule has 0 radical (unpaired) electrons. The Hall–Kier alpha value is -4.69. The van der Waals surface area contributed by atoms with E-state index in [4.69, 9.17) is 9.47 Å². The van der Waals surface area contributed by atoms with Crippen molar-refractivity contribution in [3.8, 4) is 11.5 Å². The van der Waals surface area contributed by atoms with E-state index in [0.29, 0.717) is 27.6 Å². The number of Topliss-reactive ketones (excluding diaryl/α,β-unsaturated/α-hetero) is 2. The predicted molar refractivity (Wildman–Crippen MR) is 157 cm³/mol. The molecule has 0 aliphatic carbocycles. The molecule has 3 aliphatic heterocycles. The van der Waals surface area contributed by atoms with Crippen LogP contribution in [0.2, 0.25) is 0 Å². The van der Waals surface area contributed by atoms with Crippen molar-refractivity contribution in [2.24, 2.45) is 5.92 Å². The molecule has 0 bridgehead atoms. The molecule has 3 aromatic carbocycles. The van der Waals surface area contributed by atoms with Crippen LogP contribution in [-0.4, -0.2) is 42.6 Å². The van der Waals surface area contributed by atoms with Gasteiger partial charge in [-0.2, -0.15) is 0 Å². The Labute approximate surface area is 241 Å². The summed E-state index contributed by atoms with van der Waals surface area (Å²) < 4.78 is 11.1. The second-order valence-corrected chi connectivity index (χ2v) is 11.3. The van der Waals surface area contributed by atoms with Crippen molar-refractivity contribution in [1.29, 1.82) is 0 Å². The third kappa shape index (κ3) is 3.47. The number of thiophene rings is 1. The topological polar surface area (TPSA) is 84.9 Å². The van der Waals surface area contributed by atoms with Crippen molar-refractivity contribution in [2.75, 3.05) is 19.5 Å². The first kappa shape index (κ1) is 25.3. The molecule has 1 fully saturated rings. The number of carbonyl (C=O) groups is 3. The van der Waals surface area contributed by atoms with E-state index in [1.54, 1.807) is 24.3 Å². The van der Waals surface area contributed by atoms with Crippen LogP contribution in [0.25, 0.3) is 6.08 Å². The smallest absolute Gasteiger partial charge is 0.238 e. The molecule has 7 rings (SSSR count). The summed E-state index contributed by atoms with van der Waals surface area (Å²) in [6.45, 7) is 0. The van der Waals surface area contributed by atoms with E-state index < -0.39 is 23.4 Å². The average molecular weight is 563 g/mol. The second kappa shape index (κ2) is 9.45. The second-order valence-electron chi connectivity index (χ2n) is 10.4. The summed E-state index contributed by atoms with van der Waals surface area (Å²) in [5, 5.41) is 4.91. The minimum absolute atomic E-state index is 0.243. The minimum atomic E-state index is -1.37. The number of nitrogens with zero attached hydrogens (tertiary/aromatic N) is 1. The molecule has 4 aromatic rings. The lowest BCUT2D eigenvalue weighted by Crippen LogP contribution is -2.49. The Bertz CT molecular complexity index is 1750. The van der Waals surface area contributed by atoms with Crippen molar-refractivity contribution in [3.05, 3.63) is 118 Å². The fourth-order valence-electron chi connectivity index (χ4n) is 6.91. The number of fused-ring (bicyclic) bond motifs is 6. The molecule has 8 heteroatoms. The Balaban J connectivity index is 1.54. The van der Waals surface area contributed by atoms with E-state index in [1.807, 2.05) is 77.2 Å². The van der Waals surface area contributed by atoms with E-state index in [9.17, 15) is 14.4 Å². The Morgan fingerprint density at radius 1 is 0.927 bits per heavy atom. The normalized spacial score (nSPS) is 23.5. The summed E-state index contributed by atoms with van der Waals surface area (Å²) in [5.74, 6) is -1.03. The zero-order chi connectivity index (χ0) is 28.3. The Morgan fingerprint density at radius 3 is 2.51 bits per heavy atom. The SMILES string of the molecule is COc1ccc(OC)c(C(=O)[C@H]2[C@H](C(=O)c3cccs3)[C@]3(C(=O)Nc4ccccc43)[C@H]3c4ccccc4C=CN23)c1. The fourth-order valence-corrected chi connectivity index (χ4v) is 7.61. The molecule has 7 nitrogen and oxygen atoms in total. The van der Waals surface area contributed by atoms with Crippen LogP contribution >= 0.6 is 11.3 Å². The average Bonchev–Trinajstić information content (AvgIpc) is 3.73. The quantitative estimate of drug-likeness (QED) is 0.302. The third-order valence-electron chi connectivity index (χ3n) is 8.56. The maximum atomic E-state index is 14.8. The first-order valence-corrected chi connectivity index (χ1v) is 14.2. The molecule has 1 N–H and O–H groups in total. The number of benzene rings is 3. The molecule has 1 aromatic heterocycles. The molecule has 4 heterocycles. The number of carbonyl (C=O) groups excluding carboxylic acids is 3. The number of anilines is 1. The molecule has 204 valence electrons. The maximum Gasteiger partial charge on any atom is 0.238 e. The Kier molecular flexibility index (Phi) is 5.83. The van der Waals surface area contributed by atoms with Gasteiger partial charge in [0.15, 0.2) is 11.6 Å². The van der Waals surface area contributed by atoms with Crippen molar-refractivity contribution in [2.45, 2.75) is 17.5 Å². The number of rotatable bonds is 6. The van der Waals surface area contributed by atoms with E-state index in [0.717, 1.165) is 11.1 Å². The molecular formula is C33H26N2O5S. The van der Waals surface area contributed by atoms with E-state index in [1.165, 1.54) is 25.6 Å². The van der Waals surface area contributed by atoms with Gasteiger partial charge in [-0.3, -0.25) is 14.4 Å². The third-order valence-corrected chi connectivity index (χ3v) is 9.44. The molecule has 4 atom stereocenters. The van der Waals surface area contributed by atoms with Crippen LogP contribution in [0.3, 0.4) is 0 Å². The van der Waals surface area contributed by atoms with Gasteiger partial charge >= 0.3 is 0 Å². The number of amides is 1. The van der Waals surface area contributed by atoms with E-state index >= 15 is 0 Å². The first-order chi connectivity index (χ1) is 20.0. The van der Waals surface area contributed by atoms with Gasteiger partial charge in [-0.05, 0) is 58.5 Å². The zero-order valence-electron chi connectivity index (χ0n) is 22.4. The van der Waals surface area contributed by atoms with Crippen molar-refractivity contribution in [1.82, 2.24) is 4.90 Å². The number of ketones is 2. The van der Waals surface area contributed by atoms with Gasteiger partial charge < -0.3 is 19.7 Å². The summed E-state index contributed by atoms with van der Waals surface area (Å²) >= 11 is 1.31. The summed E-state index contributed by atoms with van der Waals surface area (Å²) in [5.41, 5.74) is 2.12. The number of ether oxygens (including phenoxy) is 2. The molecular weight excluding hydrogens is 536 g/mol. The van der Waals surface area contributed by atoms with Gasteiger partial charge in [0.05, 0.1) is 36.6 Å². The minimum Gasteiger partial charge on any atom is -0.497 e. The number of hydrogen-bond acceptors (Lipinski definition) is 7. The van der Waals surface area contributed by atoms with Gasteiger partial charge in [0.2, 0.25) is 5.91 Å². The van der Waals surface area contributed by atoms with Crippen molar-refractivity contribution < 1.29 is 23.9 Å². The number of nitrogens with one attached hydrogen (secondary N) is 1. The van der Waals surface area contributed by atoms with Gasteiger partial charge in [-0.1, -0.05) is 48.5 Å². The molecule has 0 saturated carbocycles. The lowest BCUT2D eigenvalue weighted by Gasteiger charge is -2.38. The number of para-hydroxylation sites is 1. The van der Waals surface area contributed by atoms with Crippen LogP contribution in [0.1, 0.15) is 42.8 Å². The molecule has 3 aliphatic rings. The lowest BCUT2D eigenvalue weighted by molar-refractivity contribution is -0.122. The number of hydrogen-bond donors (Lipinski definition) is 1. The molecule has 1 saturated heterocycles. The molecule has 1 spiro atoms. The maximum absolute atomic E-state index is 14.8. The highest BCUT2D eigenvalue weighted by atomic mass is 32.1. The summed E-state index contributed by atoms with van der Waals surface area (Å²) in [6.07, 6.45) is 3.80. The highest BCUT2D eigenvalue weighted by molar-refractivity contribution is 7.12. The summed E-state index contributed by atoms with van der Waals surface area (Å²) in [4.78, 5) is 46.4. The van der Waals surface area contributed by atoms with Gasteiger partial charge in [0.1, 0.15) is 23.0 Å². The number of methoxy groups -OCH3 is 2. The van der Waals surface area contributed by atoms with Crippen LogP contribution in [0.15, 0.2) is 90.4 Å². The van der Waals surface area contributed by atoms with Crippen molar-refractivity contribution >= 4 is 40.6 Å².